The van der Waals surface area contributed by atoms with Gasteiger partial charge in [-0.1, -0.05) is 0 Å². The van der Waals surface area contributed by atoms with Crippen molar-refractivity contribution in [3.05, 3.63) is 33.8 Å². The number of rotatable bonds is 2. The van der Waals surface area contributed by atoms with Gasteiger partial charge in [0.2, 0.25) is 0 Å². The van der Waals surface area contributed by atoms with Crippen LogP contribution in [0.25, 0.3) is 0 Å². The van der Waals surface area contributed by atoms with Crippen LogP contribution in [0.1, 0.15) is 31.2 Å². The Morgan fingerprint density at radius 3 is 2.81 bits per heavy atom. The number of nitrogens with one attached hydrogen (secondary N) is 1. The lowest BCUT2D eigenvalue weighted by atomic mass is 9.74. The summed E-state index contributed by atoms with van der Waals surface area (Å²) in [7, 11) is 0. The second kappa shape index (κ2) is 6.31. The predicted octanol–water partition coefficient (Wildman–Crippen LogP) is 3.69. The van der Waals surface area contributed by atoms with E-state index in [0.717, 1.165) is 32.6 Å². The maximum Gasteiger partial charge on any atom is 0.144 e. The van der Waals surface area contributed by atoms with E-state index in [-0.39, 0.29) is 5.56 Å². The van der Waals surface area contributed by atoms with Crippen LogP contribution in [0, 0.1) is 17.0 Å². The summed E-state index contributed by atoms with van der Waals surface area (Å²) >= 11 is 3.14. The molecule has 2 fully saturated rings. The second-order valence-corrected chi connectivity index (χ2v) is 7.27. The molecule has 2 aliphatic rings. The third-order valence-corrected chi connectivity index (χ3v) is 5.43. The third kappa shape index (κ3) is 3.30. The number of hydrogen-bond acceptors (Lipinski definition) is 2. The van der Waals surface area contributed by atoms with E-state index in [9.17, 15) is 8.78 Å². The Bertz CT molecular complexity index is 510. The smallest absolute Gasteiger partial charge is 0.144 e. The summed E-state index contributed by atoms with van der Waals surface area (Å²) in [6, 6.07) is 2.77. The highest BCUT2D eigenvalue weighted by atomic mass is 79.9. The van der Waals surface area contributed by atoms with Gasteiger partial charge in [0.25, 0.3) is 0 Å². The van der Waals surface area contributed by atoms with Gasteiger partial charge in [-0.05, 0) is 72.3 Å². The van der Waals surface area contributed by atoms with Gasteiger partial charge in [-0.25, -0.2) is 8.78 Å². The molecule has 1 atom stereocenters. The van der Waals surface area contributed by atoms with E-state index in [1.54, 1.807) is 0 Å². The molecule has 1 aromatic rings. The summed E-state index contributed by atoms with van der Waals surface area (Å²) in [6.45, 7) is 4.35. The van der Waals surface area contributed by atoms with Crippen molar-refractivity contribution in [2.45, 2.75) is 32.2 Å². The average Bonchev–Trinajstić information content (AvgIpc) is 2.49. The van der Waals surface area contributed by atoms with Crippen molar-refractivity contribution in [3.63, 3.8) is 0 Å². The fraction of sp³-hybridized carbons (Fsp3) is 0.625. The zero-order valence-corrected chi connectivity index (χ0v) is 13.7. The minimum Gasteiger partial charge on any atom is -0.316 e. The zero-order valence-electron chi connectivity index (χ0n) is 12.1. The van der Waals surface area contributed by atoms with Gasteiger partial charge in [0.05, 0.1) is 4.47 Å². The molecule has 0 radical (unpaired) electrons. The van der Waals surface area contributed by atoms with Crippen molar-refractivity contribution in [2.75, 3.05) is 26.2 Å². The summed E-state index contributed by atoms with van der Waals surface area (Å²) in [6.07, 6.45) is 4.76. The first-order chi connectivity index (χ1) is 10.1. The van der Waals surface area contributed by atoms with E-state index in [2.05, 4.69) is 26.1 Å². The number of halogens is 3. The lowest BCUT2D eigenvalue weighted by Gasteiger charge is -2.45. The van der Waals surface area contributed by atoms with Gasteiger partial charge in [0.15, 0.2) is 0 Å². The molecule has 0 amide bonds. The van der Waals surface area contributed by atoms with E-state index < -0.39 is 11.6 Å². The summed E-state index contributed by atoms with van der Waals surface area (Å²) in [4.78, 5) is 2.21. The largest absolute Gasteiger partial charge is 0.316 e. The molecule has 1 aromatic carbocycles. The van der Waals surface area contributed by atoms with Crippen molar-refractivity contribution in [3.8, 4) is 0 Å². The van der Waals surface area contributed by atoms with Gasteiger partial charge in [-0.3, -0.25) is 4.90 Å². The average molecular weight is 359 g/mol. The molecule has 21 heavy (non-hydrogen) atoms. The Labute approximate surface area is 133 Å². The molecule has 2 heterocycles. The van der Waals surface area contributed by atoms with E-state index in [1.165, 1.54) is 31.4 Å². The first kappa shape index (κ1) is 15.4. The second-order valence-electron chi connectivity index (χ2n) is 6.42. The van der Waals surface area contributed by atoms with Crippen LogP contribution in [-0.2, 0) is 6.54 Å². The molecule has 3 rings (SSSR count). The van der Waals surface area contributed by atoms with Crippen molar-refractivity contribution in [1.82, 2.24) is 10.2 Å². The Morgan fingerprint density at radius 1 is 1.24 bits per heavy atom. The minimum atomic E-state index is -0.462. The van der Waals surface area contributed by atoms with Crippen LogP contribution >= 0.6 is 15.9 Å². The van der Waals surface area contributed by atoms with E-state index in [4.69, 9.17) is 0 Å². The van der Waals surface area contributed by atoms with Crippen molar-refractivity contribution in [2.24, 2.45) is 5.41 Å². The van der Waals surface area contributed by atoms with Gasteiger partial charge < -0.3 is 5.32 Å². The van der Waals surface area contributed by atoms with Crippen molar-refractivity contribution < 1.29 is 8.78 Å². The monoisotopic (exact) mass is 358 g/mol. The van der Waals surface area contributed by atoms with E-state index >= 15 is 0 Å². The number of benzene rings is 1. The highest BCUT2D eigenvalue weighted by Gasteiger charge is 2.36. The number of nitrogens with zero attached hydrogens (tertiary/aromatic N) is 1. The Hall–Kier alpha value is -0.520. The molecule has 5 heteroatoms. The maximum atomic E-state index is 14.1. The van der Waals surface area contributed by atoms with Gasteiger partial charge in [0.1, 0.15) is 11.6 Å². The van der Waals surface area contributed by atoms with Crippen molar-refractivity contribution >= 4 is 15.9 Å². The molecular formula is C16H21BrF2N2. The summed E-state index contributed by atoms with van der Waals surface area (Å²) < 4.78 is 28.4. The van der Waals surface area contributed by atoms with Gasteiger partial charge in [0, 0.05) is 25.2 Å². The Balaban J connectivity index is 1.74. The first-order valence-corrected chi connectivity index (χ1v) is 8.44. The molecule has 1 spiro atoms. The topological polar surface area (TPSA) is 15.3 Å². The van der Waals surface area contributed by atoms with Crippen LogP contribution in [0.5, 0.6) is 0 Å². The van der Waals surface area contributed by atoms with E-state index in [1.807, 2.05) is 0 Å². The molecule has 1 unspecified atom stereocenters. The predicted molar refractivity (Wildman–Crippen MR) is 83.1 cm³/mol. The normalized spacial score (nSPS) is 27.2. The molecular weight excluding hydrogens is 338 g/mol. The lowest BCUT2D eigenvalue weighted by Crippen LogP contribution is -2.50. The van der Waals surface area contributed by atoms with Crippen LogP contribution in [-0.4, -0.2) is 31.1 Å². The molecule has 0 saturated carbocycles. The summed E-state index contributed by atoms with van der Waals surface area (Å²) in [5, 5.41) is 3.48. The Kier molecular flexibility index (Phi) is 4.62. The molecule has 0 bridgehead atoms. The van der Waals surface area contributed by atoms with Crippen LogP contribution in [0.4, 0.5) is 8.78 Å². The lowest BCUT2D eigenvalue weighted by molar-refractivity contribution is 0.0587. The molecule has 116 valence electrons. The SMILES string of the molecule is Fc1ccc(Br)c(F)c1CN1CCCC2(CCCNC2)C1. The van der Waals surface area contributed by atoms with Gasteiger partial charge >= 0.3 is 0 Å². The zero-order chi connectivity index (χ0) is 14.9. The molecule has 2 aliphatic heterocycles. The van der Waals surface area contributed by atoms with Crippen LogP contribution in [0.3, 0.4) is 0 Å². The van der Waals surface area contributed by atoms with E-state index in [0.29, 0.717) is 16.4 Å². The first-order valence-electron chi connectivity index (χ1n) is 7.65. The highest BCUT2D eigenvalue weighted by molar-refractivity contribution is 9.10. The fourth-order valence-electron chi connectivity index (χ4n) is 3.76. The fourth-order valence-corrected chi connectivity index (χ4v) is 4.13. The number of likely N-dealkylation sites (tertiary alicyclic amines) is 1. The third-order valence-electron chi connectivity index (χ3n) is 4.82. The van der Waals surface area contributed by atoms with Gasteiger partial charge in [-0.15, -0.1) is 0 Å². The summed E-state index contributed by atoms with van der Waals surface area (Å²) in [5.41, 5.74) is 0.486. The van der Waals surface area contributed by atoms with Crippen molar-refractivity contribution in [1.29, 1.82) is 0 Å². The molecule has 0 aliphatic carbocycles. The molecule has 2 nitrogen and oxygen atoms in total. The van der Waals surface area contributed by atoms with Gasteiger partial charge in [-0.2, -0.15) is 0 Å². The number of hydrogen-bond donors (Lipinski definition) is 1. The molecule has 2 saturated heterocycles. The Morgan fingerprint density at radius 2 is 2.05 bits per heavy atom. The number of piperidine rings is 2. The maximum absolute atomic E-state index is 14.1. The van der Waals surface area contributed by atoms with Crippen LogP contribution < -0.4 is 5.32 Å². The molecule has 0 aromatic heterocycles. The van der Waals surface area contributed by atoms with Crippen LogP contribution in [0.15, 0.2) is 16.6 Å². The van der Waals surface area contributed by atoms with Crippen LogP contribution in [0.2, 0.25) is 0 Å². The quantitative estimate of drug-likeness (QED) is 0.811. The minimum absolute atomic E-state index is 0.185. The molecule has 1 N–H and O–H groups in total. The standard InChI is InChI=1S/C16H21BrF2N2/c17-13-3-4-14(18)12(15(13)19)9-21-8-2-6-16(11-21)5-1-7-20-10-16/h3-4,20H,1-2,5-11H2. The highest BCUT2D eigenvalue weighted by Crippen LogP contribution is 2.36. The summed E-state index contributed by atoms with van der Waals surface area (Å²) in [5.74, 6) is -0.909.